The Morgan fingerprint density at radius 3 is 1.61 bits per heavy atom. The minimum absolute atomic E-state index is 0.779. The molecule has 2 aliphatic carbocycles. The Morgan fingerprint density at radius 1 is 0.526 bits per heavy atom. The molecule has 0 aliphatic heterocycles. The van der Waals surface area contributed by atoms with Gasteiger partial charge in [-0.25, -0.2) is 0 Å². The first-order valence-electron chi connectivity index (χ1n) is 16.7. The summed E-state index contributed by atoms with van der Waals surface area (Å²) in [5, 5.41) is 0. The highest BCUT2D eigenvalue weighted by Crippen LogP contribution is 2.39. The monoisotopic (exact) mass is 512 g/mol. The van der Waals surface area contributed by atoms with Crippen LogP contribution in [0.4, 0.5) is 0 Å². The van der Waals surface area contributed by atoms with Crippen molar-refractivity contribution in [2.75, 3.05) is 0 Å². The fourth-order valence-electron chi connectivity index (χ4n) is 7.09. The van der Waals surface area contributed by atoms with E-state index in [1.807, 2.05) is 0 Å². The Bertz CT molecular complexity index is 923. The SMILES string of the molecule is CCCCCCCC1CC=C(c2ccc(-c3ccc(C4CCC(CCCCCCC)CC4)cc3)cc2)CC1. The smallest absolute Gasteiger partial charge is 0.0162 e. The van der Waals surface area contributed by atoms with Gasteiger partial charge in [0.05, 0.1) is 0 Å². The molecule has 0 radical (unpaired) electrons. The van der Waals surface area contributed by atoms with Crippen LogP contribution in [0.5, 0.6) is 0 Å². The molecule has 0 heterocycles. The summed E-state index contributed by atoms with van der Waals surface area (Å²) in [7, 11) is 0. The molecule has 0 amide bonds. The van der Waals surface area contributed by atoms with Crippen LogP contribution < -0.4 is 0 Å². The molecule has 0 nitrogen and oxygen atoms in total. The molecule has 1 saturated carbocycles. The van der Waals surface area contributed by atoms with Crippen molar-refractivity contribution in [2.24, 2.45) is 11.8 Å². The van der Waals surface area contributed by atoms with Crippen LogP contribution in [0.1, 0.15) is 153 Å². The zero-order valence-corrected chi connectivity index (χ0v) is 24.9. The van der Waals surface area contributed by atoms with E-state index in [1.165, 1.54) is 139 Å². The van der Waals surface area contributed by atoms with E-state index in [0.717, 1.165) is 17.8 Å². The summed E-state index contributed by atoms with van der Waals surface area (Å²) >= 11 is 0. The van der Waals surface area contributed by atoms with E-state index in [2.05, 4.69) is 68.5 Å². The third-order valence-corrected chi connectivity index (χ3v) is 9.77. The maximum atomic E-state index is 2.55. The van der Waals surface area contributed by atoms with Crippen LogP contribution in [0, 0.1) is 11.8 Å². The molecule has 1 unspecified atom stereocenters. The fourth-order valence-corrected chi connectivity index (χ4v) is 7.09. The van der Waals surface area contributed by atoms with Crippen molar-refractivity contribution in [3.8, 4) is 11.1 Å². The van der Waals surface area contributed by atoms with Crippen LogP contribution in [0.25, 0.3) is 16.7 Å². The minimum Gasteiger partial charge on any atom is -0.0804 e. The average molecular weight is 513 g/mol. The summed E-state index contributed by atoms with van der Waals surface area (Å²) in [6, 6.07) is 19.0. The maximum absolute atomic E-state index is 2.55. The number of hydrogen-bond acceptors (Lipinski definition) is 0. The lowest BCUT2D eigenvalue weighted by Gasteiger charge is -2.29. The largest absolute Gasteiger partial charge is 0.0804 e. The zero-order chi connectivity index (χ0) is 26.4. The number of unbranched alkanes of at least 4 members (excludes halogenated alkanes) is 8. The predicted molar refractivity (Wildman–Crippen MR) is 169 cm³/mol. The van der Waals surface area contributed by atoms with Crippen LogP contribution in [0.3, 0.4) is 0 Å². The van der Waals surface area contributed by atoms with Gasteiger partial charge in [-0.3, -0.25) is 0 Å². The van der Waals surface area contributed by atoms with Crippen molar-refractivity contribution >= 4 is 5.57 Å². The molecule has 0 bridgehead atoms. The molecule has 0 spiro atoms. The molecule has 0 saturated heterocycles. The molecular weight excluding hydrogens is 456 g/mol. The van der Waals surface area contributed by atoms with E-state index in [9.17, 15) is 0 Å². The van der Waals surface area contributed by atoms with Crippen molar-refractivity contribution in [2.45, 2.75) is 142 Å². The summed E-state index contributed by atoms with van der Waals surface area (Å²) < 4.78 is 0. The van der Waals surface area contributed by atoms with Gasteiger partial charge in [-0.05, 0) is 90.5 Å². The predicted octanol–water partition coefficient (Wildman–Crippen LogP) is 12.5. The molecule has 0 N–H and O–H groups in total. The molecular formula is C38H56. The summed E-state index contributed by atoms with van der Waals surface area (Å²) in [6.45, 7) is 4.61. The Balaban J connectivity index is 1.21. The fraction of sp³-hybridized carbons (Fsp3) is 0.632. The van der Waals surface area contributed by atoms with E-state index in [4.69, 9.17) is 0 Å². The maximum Gasteiger partial charge on any atom is -0.0162 e. The highest BCUT2D eigenvalue weighted by molar-refractivity contribution is 5.71. The lowest BCUT2D eigenvalue weighted by molar-refractivity contribution is 0.302. The van der Waals surface area contributed by atoms with E-state index in [-0.39, 0.29) is 0 Å². The van der Waals surface area contributed by atoms with Gasteiger partial charge in [0, 0.05) is 0 Å². The highest BCUT2D eigenvalue weighted by Gasteiger charge is 2.22. The van der Waals surface area contributed by atoms with Gasteiger partial charge in [-0.1, -0.05) is 146 Å². The third-order valence-electron chi connectivity index (χ3n) is 9.77. The molecule has 208 valence electrons. The number of allylic oxidation sites excluding steroid dienone is 2. The third kappa shape index (κ3) is 9.14. The Kier molecular flexibility index (Phi) is 12.5. The molecule has 38 heavy (non-hydrogen) atoms. The van der Waals surface area contributed by atoms with Crippen molar-refractivity contribution in [1.29, 1.82) is 0 Å². The van der Waals surface area contributed by atoms with Gasteiger partial charge in [-0.15, -0.1) is 0 Å². The van der Waals surface area contributed by atoms with Gasteiger partial charge in [0.15, 0.2) is 0 Å². The standard InChI is InChI=1S/C38H56/c1-3-5-7-9-11-13-31-15-19-33(20-16-31)35-23-27-37(28-24-35)38-29-25-36(26-30-38)34-21-17-32(18-22-34)14-12-10-8-6-4-2/h19,23-32,34H,3-18,20-22H2,1-2H3. The van der Waals surface area contributed by atoms with E-state index in [0.29, 0.717) is 0 Å². The van der Waals surface area contributed by atoms with E-state index >= 15 is 0 Å². The number of rotatable bonds is 15. The second kappa shape index (κ2) is 16.3. The normalized spacial score (nSPS) is 21.8. The summed E-state index contributed by atoms with van der Waals surface area (Å²) in [5.74, 6) is 2.69. The van der Waals surface area contributed by atoms with E-state index < -0.39 is 0 Å². The van der Waals surface area contributed by atoms with Crippen LogP contribution in [0.15, 0.2) is 54.6 Å². The van der Waals surface area contributed by atoms with Crippen LogP contribution >= 0.6 is 0 Å². The first-order valence-corrected chi connectivity index (χ1v) is 16.7. The van der Waals surface area contributed by atoms with E-state index in [1.54, 1.807) is 11.1 Å². The summed E-state index contributed by atoms with van der Waals surface area (Å²) in [4.78, 5) is 0. The molecule has 0 aromatic heterocycles. The molecule has 1 fully saturated rings. The number of hydrogen-bond donors (Lipinski definition) is 0. The zero-order valence-electron chi connectivity index (χ0n) is 24.9. The molecule has 0 heteroatoms. The summed E-state index contributed by atoms with van der Waals surface area (Å²) in [5.41, 5.74) is 7.30. The molecule has 2 aromatic carbocycles. The van der Waals surface area contributed by atoms with Crippen molar-refractivity contribution in [3.63, 3.8) is 0 Å². The van der Waals surface area contributed by atoms with Gasteiger partial charge in [0.2, 0.25) is 0 Å². The lowest BCUT2D eigenvalue weighted by atomic mass is 9.77. The Morgan fingerprint density at radius 2 is 1.05 bits per heavy atom. The second-order valence-electron chi connectivity index (χ2n) is 12.7. The Hall–Kier alpha value is -1.82. The summed E-state index contributed by atoms with van der Waals surface area (Å²) in [6.07, 6.45) is 29.2. The first-order chi connectivity index (χ1) is 18.8. The molecule has 2 aliphatic rings. The van der Waals surface area contributed by atoms with Gasteiger partial charge < -0.3 is 0 Å². The van der Waals surface area contributed by atoms with Gasteiger partial charge in [0.25, 0.3) is 0 Å². The van der Waals surface area contributed by atoms with Gasteiger partial charge in [-0.2, -0.15) is 0 Å². The topological polar surface area (TPSA) is 0 Å². The highest BCUT2D eigenvalue weighted by atomic mass is 14.3. The first kappa shape index (κ1) is 29.2. The van der Waals surface area contributed by atoms with Crippen LogP contribution in [-0.4, -0.2) is 0 Å². The van der Waals surface area contributed by atoms with Crippen LogP contribution in [0.2, 0.25) is 0 Å². The quantitative estimate of drug-likeness (QED) is 0.208. The lowest BCUT2D eigenvalue weighted by Crippen LogP contribution is -2.13. The van der Waals surface area contributed by atoms with Gasteiger partial charge in [0.1, 0.15) is 0 Å². The van der Waals surface area contributed by atoms with Crippen LogP contribution in [-0.2, 0) is 0 Å². The van der Waals surface area contributed by atoms with Gasteiger partial charge >= 0.3 is 0 Å². The molecule has 4 rings (SSSR count). The average Bonchev–Trinajstić information content (AvgIpc) is 2.98. The minimum atomic E-state index is 0.779. The molecule has 2 aromatic rings. The van der Waals surface area contributed by atoms with Crippen molar-refractivity contribution in [3.05, 3.63) is 65.7 Å². The number of benzene rings is 2. The molecule has 1 atom stereocenters. The second-order valence-corrected chi connectivity index (χ2v) is 12.7. The Labute approximate surface area is 235 Å². The van der Waals surface area contributed by atoms with Crippen molar-refractivity contribution in [1.82, 2.24) is 0 Å². The van der Waals surface area contributed by atoms with Crippen molar-refractivity contribution < 1.29 is 0 Å².